The topological polar surface area (TPSA) is 76.3 Å². The lowest BCUT2D eigenvalue weighted by Gasteiger charge is -2.24. The van der Waals surface area contributed by atoms with Gasteiger partial charge in [0.15, 0.2) is 0 Å². The summed E-state index contributed by atoms with van der Waals surface area (Å²) in [5, 5.41) is 0.748. The third-order valence-corrected chi connectivity index (χ3v) is 5.77. The number of aryl methyl sites for hydroxylation is 1. The highest BCUT2D eigenvalue weighted by molar-refractivity contribution is 7.15. The highest BCUT2D eigenvalue weighted by Crippen LogP contribution is 2.50. The molecule has 0 radical (unpaired) electrons. The first-order valence-corrected chi connectivity index (χ1v) is 8.61. The normalized spacial score (nSPS) is 24.8. The molecule has 2 amide bonds. The number of piperidine rings is 1. The number of hydrogen-bond donors (Lipinski definition) is 1. The van der Waals surface area contributed by atoms with Crippen molar-refractivity contribution in [2.75, 3.05) is 6.54 Å². The number of hydrogen-bond acceptors (Lipinski definition) is 4. The molecule has 2 N–H and O–H groups in total. The molecule has 5 nitrogen and oxygen atoms in total. The standard InChI is InChI=1S/C17H16FN3O2S/c1-8-20-13(15(24-8)9-2-4-11(18)5-3-9)17(23)21-7-10-6-12(10)14(21)16(19)22/h2-5,10,12,14H,6-7H2,1H3,(H2,19,22)/t10-,12?,14-/m0/s1. The summed E-state index contributed by atoms with van der Waals surface area (Å²) >= 11 is 1.38. The minimum atomic E-state index is -0.537. The van der Waals surface area contributed by atoms with Crippen molar-refractivity contribution in [3.05, 3.63) is 40.8 Å². The summed E-state index contributed by atoms with van der Waals surface area (Å²) in [6.45, 7) is 2.37. The molecule has 24 heavy (non-hydrogen) atoms. The van der Waals surface area contributed by atoms with Gasteiger partial charge in [-0.1, -0.05) is 12.1 Å². The third-order valence-electron chi connectivity index (χ3n) is 4.75. The summed E-state index contributed by atoms with van der Waals surface area (Å²) in [7, 11) is 0. The van der Waals surface area contributed by atoms with E-state index in [4.69, 9.17) is 5.73 Å². The molecule has 2 aromatic rings. The first kappa shape index (κ1) is 15.3. The zero-order chi connectivity index (χ0) is 17.0. The number of rotatable bonds is 3. The molecular weight excluding hydrogens is 329 g/mol. The predicted molar refractivity (Wildman–Crippen MR) is 87.9 cm³/mol. The van der Waals surface area contributed by atoms with E-state index in [-0.39, 0.29) is 17.6 Å². The number of thiazole rings is 1. The zero-order valence-corrected chi connectivity index (χ0v) is 13.8. The van der Waals surface area contributed by atoms with Crippen LogP contribution in [0, 0.1) is 24.6 Å². The molecule has 3 atom stereocenters. The number of carbonyl (C=O) groups is 2. The van der Waals surface area contributed by atoms with Gasteiger partial charge in [0.05, 0.1) is 9.88 Å². The van der Waals surface area contributed by atoms with Crippen LogP contribution < -0.4 is 5.73 Å². The van der Waals surface area contributed by atoms with Gasteiger partial charge in [0.2, 0.25) is 5.91 Å². The molecule has 1 aromatic heterocycles. The van der Waals surface area contributed by atoms with Gasteiger partial charge in [0.1, 0.15) is 17.6 Å². The first-order valence-electron chi connectivity index (χ1n) is 7.79. The minimum absolute atomic E-state index is 0.195. The highest BCUT2D eigenvalue weighted by Gasteiger charge is 2.56. The van der Waals surface area contributed by atoms with Crippen molar-refractivity contribution in [3.8, 4) is 10.4 Å². The van der Waals surface area contributed by atoms with Crippen molar-refractivity contribution in [1.82, 2.24) is 9.88 Å². The van der Waals surface area contributed by atoms with E-state index in [1.54, 1.807) is 17.0 Å². The van der Waals surface area contributed by atoms with Crippen molar-refractivity contribution in [2.45, 2.75) is 19.4 Å². The van der Waals surface area contributed by atoms with Gasteiger partial charge >= 0.3 is 0 Å². The molecule has 0 spiro atoms. The molecule has 4 rings (SSSR count). The number of fused-ring (bicyclic) bond motifs is 1. The monoisotopic (exact) mass is 345 g/mol. The number of benzene rings is 1. The quantitative estimate of drug-likeness (QED) is 0.926. The SMILES string of the molecule is Cc1nc(C(=O)N2C[C@@H]3CC3[C@H]2C(N)=O)c(-c2ccc(F)cc2)s1. The summed E-state index contributed by atoms with van der Waals surface area (Å²) in [5.74, 6) is -0.486. The summed E-state index contributed by atoms with van der Waals surface area (Å²) in [4.78, 5) is 31.4. The Morgan fingerprint density at radius 3 is 2.71 bits per heavy atom. The number of aromatic nitrogens is 1. The molecule has 1 saturated heterocycles. The van der Waals surface area contributed by atoms with E-state index in [2.05, 4.69) is 4.98 Å². The van der Waals surface area contributed by atoms with Gasteiger partial charge in [0, 0.05) is 6.54 Å². The van der Waals surface area contributed by atoms with Crippen LogP contribution in [0.2, 0.25) is 0 Å². The van der Waals surface area contributed by atoms with Crippen molar-refractivity contribution in [3.63, 3.8) is 0 Å². The lowest BCUT2D eigenvalue weighted by molar-refractivity contribution is -0.122. The number of carbonyl (C=O) groups excluding carboxylic acids is 2. The molecule has 1 aliphatic heterocycles. The number of nitrogens with two attached hydrogens (primary N) is 1. The third kappa shape index (κ3) is 2.39. The first-order chi connectivity index (χ1) is 11.5. The molecule has 1 aliphatic carbocycles. The average Bonchev–Trinajstić information content (AvgIpc) is 3.02. The maximum atomic E-state index is 13.2. The van der Waals surface area contributed by atoms with Gasteiger partial charge in [0.25, 0.3) is 5.91 Å². The van der Waals surface area contributed by atoms with E-state index in [1.165, 1.54) is 23.5 Å². The molecule has 0 bridgehead atoms. The number of halogens is 1. The Labute approximate surface area is 142 Å². The molecular formula is C17H16FN3O2S. The second-order valence-corrected chi connectivity index (χ2v) is 7.59. The van der Waals surface area contributed by atoms with Gasteiger partial charge < -0.3 is 10.6 Å². The summed E-state index contributed by atoms with van der Waals surface area (Å²) in [5.41, 5.74) is 6.56. The molecule has 1 aromatic carbocycles. The van der Waals surface area contributed by atoms with E-state index in [1.807, 2.05) is 6.92 Å². The van der Waals surface area contributed by atoms with Gasteiger partial charge in [-0.2, -0.15) is 0 Å². The van der Waals surface area contributed by atoms with Crippen LogP contribution in [0.15, 0.2) is 24.3 Å². The van der Waals surface area contributed by atoms with Crippen LogP contribution in [0.3, 0.4) is 0 Å². The second kappa shape index (κ2) is 5.37. The largest absolute Gasteiger partial charge is 0.368 e. The van der Waals surface area contributed by atoms with Gasteiger partial charge in [-0.25, -0.2) is 9.37 Å². The van der Waals surface area contributed by atoms with Crippen LogP contribution in [0.1, 0.15) is 21.9 Å². The Morgan fingerprint density at radius 1 is 1.33 bits per heavy atom. The fourth-order valence-corrected chi connectivity index (χ4v) is 4.46. The maximum absolute atomic E-state index is 13.2. The van der Waals surface area contributed by atoms with Crippen molar-refractivity contribution < 1.29 is 14.0 Å². The molecule has 124 valence electrons. The maximum Gasteiger partial charge on any atom is 0.274 e. The van der Waals surface area contributed by atoms with Crippen LogP contribution in [-0.2, 0) is 4.79 Å². The molecule has 2 heterocycles. The van der Waals surface area contributed by atoms with Crippen LogP contribution in [0.4, 0.5) is 4.39 Å². The fraction of sp³-hybridized carbons (Fsp3) is 0.353. The number of primary amides is 1. The van der Waals surface area contributed by atoms with Crippen LogP contribution in [-0.4, -0.2) is 34.3 Å². The van der Waals surface area contributed by atoms with E-state index in [0.717, 1.165) is 17.0 Å². The predicted octanol–water partition coefficient (Wildman–Crippen LogP) is 2.20. The molecule has 7 heteroatoms. The lowest BCUT2D eigenvalue weighted by atomic mass is 10.1. The Bertz CT molecular complexity index is 833. The highest BCUT2D eigenvalue weighted by atomic mass is 32.1. The fourth-order valence-electron chi connectivity index (χ4n) is 3.54. The van der Waals surface area contributed by atoms with Gasteiger partial charge in [-0.3, -0.25) is 9.59 Å². The zero-order valence-electron chi connectivity index (χ0n) is 13.0. The Morgan fingerprint density at radius 2 is 2.04 bits per heavy atom. The van der Waals surface area contributed by atoms with E-state index < -0.39 is 11.9 Å². The number of nitrogens with zero attached hydrogens (tertiary/aromatic N) is 2. The van der Waals surface area contributed by atoms with Crippen LogP contribution >= 0.6 is 11.3 Å². The molecule has 2 fully saturated rings. The Balaban J connectivity index is 1.70. The lowest BCUT2D eigenvalue weighted by Crippen LogP contribution is -2.46. The number of likely N-dealkylation sites (tertiary alicyclic amines) is 1. The second-order valence-electron chi connectivity index (χ2n) is 6.38. The van der Waals surface area contributed by atoms with Crippen LogP contribution in [0.25, 0.3) is 10.4 Å². The Hall–Kier alpha value is -2.28. The molecule has 2 aliphatic rings. The summed E-state index contributed by atoms with van der Waals surface area (Å²) in [6.07, 6.45) is 0.957. The van der Waals surface area contributed by atoms with E-state index in [9.17, 15) is 14.0 Å². The molecule has 1 saturated carbocycles. The minimum Gasteiger partial charge on any atom is -0.368 e. The van der Waals surface area contributed by atoms with Crippen molar-refractivity contribution in [2.24, 2.45) is 17.6 Å². The smallest absolute Gasteiger partial charge is 0.274 e. The van der Waals surface area contributed by atoms with Gasteiger partial charge in [-0.05, 0) is 42.9 Å². The number of amides is 2. The van der Waals surface area contributed by atoms with Crippen LogP contribution in [0.5, 0.6) is 0 Å². The Kier molecular flexibility index (Phi) is 3.42. The summed E-state index contributed by atoms with van der Waals surface area (Å²) < 4.78 is 13.2. The van der Waals surface area contributed by atoms with E-state index in [0.29, 0.717) is 23.0 Å². The molecule has 1 unspecified atom stereocenters. The average molecular weight is 345 g/mol. The van der Waals surface area contributed by atoms with E-state index >= 15 is 0 Å². The summed E-state index contributed by atoms with van der Waals surface area (Å²) in [6, 6.07) is 5.44. The van der Waals surface area contributed by atoms with Crippen molar-refractivity contribution in [1.29, 1.82) is 0 Å². The van der Waals surface area contributed by atoms with Crippen molar-refractivity contribution >= 4 is 23.2 Å². The van der Waals surface area contributed by atoms with Gasteiger partial charge in [-0.15, -0.1) is 11.3 Å².